The van der Waals surface area contributed by atoms with E-state index in [1.54, 1.807) is 0 Å². The summed E-state index contributed by atoms with van der Waals surface area (Å²) in [5, 5.41) is 2.58. The van der Waals surface area contributed by atoms with Crippen molar-refractivity contribution in [2.24, 2.45) is 11.3 Å². The van der Waals surface area contributed by atoms with Gasteiger partial charge in [-0.1, -0.05) is 56.3 Å². The minimum absolute atomic E-state index is 0.298. The SMILES string of the molecule is CC1(C)CC[C@@H](OCc2cccc3ccccc23)[C@H](Cc2ncc[nH]2)C1. The Morgan fingerprint density at radius 1 is 1.15 bits per heavy atom. The second-order valence-corrected chi connectivity index (χ2v) is 8.39. The van der Waals surface area contributed by atoms with Gasteiger partial charge in [0.1, 0.15) is 5.82 Å². The summed E-state index contributed by atoms with van der Waals surface area (Å²) in [5.41, 5.74) is 1.67. The zero-order valence-electron chi connectivity index (χ0n) is 15.7. The third kappa shape index (κ3) is 3.83. The molecular formula is C23H28N2O. The maximum Gasteiger partial charge on any atom is 0.106 e. The highest BCUT2D eigenvalue weighted by molar-refractivity contribution is 5.85. The van der Waals surface area contributed by atoms with E-state index >= 15 is 0 Å². The Morgan fingerprint density at radius 3 is 2.85 bits per heavy atom. The van der Waals surface area contributed by atoms with Crippen molar-refractivity contribution in [3.05, 3.63) is 66.2 Å². The average Bonchev–Trinajstić information content (AvgIpc) is 3.13. The number of rotatable bonds is 5. The molecule has 0 radical (unpaired) electrons. The van der Waals surface area contributed by atoms with Gasteiger partial charge in [-0.25, -0.2) is 4.98 Å². The van der Waals surface area contributed by atoms with Crippen LogP contribution in [0.4, 0.5) is 0 Å². The first-order valence-corrected chi connectivity index (χ1v) is 9.67. The van der Waals surface area contributed by atoms with Crippen LogP contribution in [-0.2, 0) is 17.8 Å². The number of hydrogen-bond acceptors (Lipinski definition) is 2. The predicted octanol–water partition coefficient (Wildman–Crippen LogP) is 5.52. The average molecular weight is 348 g/mol. The molecule has 0 spiro atoms. The Hall–Kier alpha value is -2.13. The van der Waals surface area contributed by atoms with Gasteiger partial charge in [-0.3, -0.25) is 0 Å². The lowest BCUT2D eigenvalue weighted by Crippen LogP contribution is -2.36. The van der Waals surface area contributed by atoms with Gasteiger partial charge in [0.2, 0.25) is 0 Å². The highest BCUT2D eigenvalue weighted by Gasteiger charge is 2.35. The summed E-state index contributed by atoms with van der Waals surface area (Å²) in [5.74, 6) is 1.59. The lowest BCUT2D eigenvalue weighted by molar-refractivity contribution is -0.0467. The minimum Gasteiger partial charge on any atom is -0.373 e. The lowest BCUT2D eigenvalue weighted by Gasteiger charge is -2.40. The van der Waals surface area contributed by atoms with Crippen molar-refractivity contribution in [3.8, 4) is 0 Å². The van der Waals surface area contributed by atoms with Crippen molar-refractivity contribution in [1.29, 1.82) is 0 Å². The van der Waals surface area contributed by atoms with Crippen molar-refractivity contribution >= 4 is 10.8 Å². The quantitative estimate of drug-likeness (QED) is 0.659. The fourth-order valence-electron chi connectivity index (χ4n) is 4.41. The molecule has 136 valence electrons. The molecule has 26 heavy (non-hydrogen) atoms. The number of ether oxygens (including phenoxy) is 1. The first-order chi connectivity index (χ1) is 12.6. The fourth-order valence-corrected chi connectivity index (χ4v) is 4.41. The van der Waals surface area contributed by atoms with Crippen LogP contribution in [0, 0.1) is 11.3 Å². The van der Waals surface area contributed by atoms with E-state index in [9.17, 15) is 0 Å². The molecular weight excluding hydrogens is 320 g/mol. The molecule has 0 aliphatic heterocycles. The number of H-pyrrole nitrogens is 1. The van der Waals surface area contributed by atoms with Gasteiger partial charge < -0.3 is 9.72 Å². The highest BCUT2D eigenvalue weighted by Crippen LogP contribution is 2.41. The zero-order chi connectivity index (χ0) is 18.0. The van der Waals surface area contributed by atoms with Crippen molar-refractivity contribution in [2.75, 3.05) is 0 Å². The molecule has 1 aliphatic rings. The second-order valence-electron chi connectivity index (χ2n) is 8.39. The Kier molecular flexibility index (Phi) is 4.82. The zero-order valence-corrected chi connectivity index (χ0v) is 15.7. The molecule has 1 fully saturated rings. The van der Waals surface area contributed by atoms with Crippen molar-refractivity contribution in [1.82, 2.24) is 9.97 Å². The first-order valence-electron chi connectivity index (χ1n) is 9.67. The number of benzene rings is 2. The number of aromatic nitrogens is 2. The van der Waals surface area contributed by atoms with Crippen molar-refractivity contribution < 1.29 is 4.74 Å². The van der Waals surface area contributed by atoms with Gasteiger partial charge in [-0.15, -0.1) is 0 Å². The van der Waals surface area contributed by atoms with Crippen molar-refractivity contribution in [2.45, 2.75) is 52.2 Å². The fraction of sp³-hybridized carbons (Fsp3) is 0.435. The van der Waals surface area contributed by atoms with Crippen LogP contribution < -0.4 is 0 Å². The lowest BCUT2D eigenvalue weighted by atomic mass is 9.70. The van der Waals surface area contributed by atoms with Crippen LogP contribution in [0.2, 0.25) is 0 Å². The van der Waals surface area contributed by atoms with Gasteiger partial charge in [0.25, 0.3) is 0 Å². The summed E-state index contributed by atoms with van der Waals surface area (Å²) in [6.07, 6.45) is 8.56. The third-order valence-corrected chi connectivity index (χ3v) is 5.79. The van der Waals surface area contributed by atoms with Gasteiger partial charge in [-0.05, 0) is 46.9 Å². The van der Waals surface area contributed by atoms with Crippen LogP contribution in [0.3, 0.4) is 0 Å². The van der Waals surface area contributed by atoms with E-state index in [4.69, 9.17) is 4.74 Å². The summed E-state index contributed by atoms with van der Waals surface area (Å²) < 4.78 is 6.49. The van der Waals surface area contributed by atoms with Gasteiger partial charge in [-0.2, -0.15) is 0 Å². The molecule has 2 atom stereocenters. The van der Waals surface area contributed by atoms with E-state index in [-0.39, 0.29) is 0 Å². The summed E-state index contributed by atoms with van der Waals surface area (Å²) in [4.78, 5) is 7.70. The van der Waals surface area contributed by atoms with E-state index in [2.05, 4.69) is 66.3 Å². The van der Waals surface area contributed by atoms with E-state index in [1.807, 2.05) is 12.4 Å². The Labute approximate surface area is 155 Å². The molecule has 0 amide bonds. The number of aromatic amines is 1. The molecule has 3 aromatic rings. The van der Waals surface area contributed by atoms with E-state index < -0.39 is 0 Å². The van der Waals surface area contributed by atoms with Gasteiger partial charge in [0.05, 0.1) is 12.7 Å². The van der Waals surface area contributed by atoms with E-state index in [0.29, 0.717) is 24.0 Å². The standard InChI is InChI=1S/C23H28N2O/c1-23(2)11-10-21(19(15-23)14-22-24-12-13-25-22)26-16-18-8-5-7-17-6-3-4-9-20(17)18/h3-9,12-13,19,21H,10-11,14-16H2,1-2H3,(H,24,25)/t19-,21-/m1/s1. The van der Waals surface area contributed by atoms with E-state index in [1.165, 1.54) is 29.2 Å². The van der Waals surface area contributed by atoms with Crippen LogP contribution in [-0.4, -0.2) is 16.1 Å². The number of fused-ring (bicyclic) bond motifs is 1. The Bertz CT molecular complexity index is 848. The smallest absolute Gasteiger partial charge is 0.106 e. The molecule has 1 aromatic heterocycles. The number of hydrogen-bond donors (Lipinski definition) is 1. The molecule has 0 bridgehead atoms. The Balaban J connectivity index is 1.49. The number of imidazole rings is 1. The molecule has 1 aliphatic carbocycles. The number of nitrogens with zero attached hydrogens (tertiary/aromatic N) is 1. The largest absolute Gasteiger partial charge is 0.373 e. The van der Waals surface area contributed by atoms with Gasteiger partial charge in [0.15, 0.2) is 0 Å². The molecule has 3 nitrogen and oxygen atoms in total. The summed E-state index contributed by atoms with van der Waals surface area (Å²) in [6, 6.07) is 15.0. The Morgan fingerprint density at radius 2 is 2.00 bits per heavy atom. The summed E-state index contributed by atoms with van der Waals surface area (Å²) in [7, 11) is 0. The maximum absolute atomic E-state index is 6.49. The predicted molar refractivity (Wildman–Crippen MR) is 106 cm³/mol. The van der Waals surface area contributed by atoms with E-state index in [0.717, 1.165) is 18.7 Å². The van der Waals surface area contributed by atoms with Crippen LogP contribution in [0.15, 0.2) is 54.9 Å². The highest BCUT2D eigenvalue weighted by atomic mass is 16.5. The molecule has 0 saturated heterocycles. The normalized spacial score (nSPS) is 22.5. The molecule has 1 heterocycles. The van der Waals surface area contributed by atoms with Crippen LogP contribution in [0.25, 0.3) is 10.8 Å². The van der Waals surface area contributed by atoms with Crippen LogP contribution in [0.5, 0.6) is 0 Å². The molecule has 1 saturated carbocycles. The van der Waals surface area contributed by atoms with Crippen LogP contribution in [0.1, 0.15) is 44.5 Å². The molecule has 2 aromatic carbocycles. The topological polar surface area (TPSA) is 37.9 Å². The summed E-state index contributed by atoms with van der Waals surface area (Å²) >= 11 is 0. The second kappa shape index (κ2) is 7.24. The van der Waals surface area contributed by atoms with Gasteiger partial charge in [0, 0.05) is 18.8 Å². The maximum atomic E-state index is 6.49. The first kappa shape index (κ1) is 17.3. The van der Waals surface area contributed by atoms with Crippen molar-refractivity contribution in [3.63, 3.8) is 0 Å². The molecule has 1 N–H and O–H groups in total. The monoisotopic (exact) mass is 348 g/mol. The molecule has 4 rings (SSSR count). The van der Waals surface area contributed by atoms with Gasteiger partial charge >= 0.3 is 0 Å². The molecule has 3 heteroatoms. The minimum atomic E-state index is 0.298. The number of nitrogens with one attached hydrogen (secondary N) is 1. The third-order valence-electron chi connectivity index (χ3n) is 5.79. The molecule has 0 unspecified atom stereocenters. The van der Waals surface area contributed by atoms with Crippen LogP contribution >= 0.6 is 0 Å². The summed E-state index contributed by atoms with van der Waals surface area (Å²) in [6.45, 7) is 5.44.